The van der Waals surface area contributed by atoms with Crippen molar-refractivity contribution in [1.82, 2.24) is 0 Å². The maximum absolute atomic E-state index is 10.9. The average molecular weight is 278 g/mol. The largest absolute Gasteiger partial charge is 0.493 e. The predicted molar refractivity (Wildman–Crippen MR) is 77.5 cm³/mol. The highest BCUT2D eigenvalue weighted by molar-refractivity contribution is 5.79. The zero-order valence-electron chi connectivity index (χ0n) is 12.3. The SMILES string of the molecule is C[C@H]1C[NH+](CCCOc2ccccc2C=O)C[C@H](C)O1. The minimum atomic E-state index is 0.338. The molecule has 2 atom stereocenters. The molecule has 1 aliphatic heterocycles. The van der Waals surface area contributed by atoms with Crippen LogP contribution in [-0.2, 0) is 4.74 Å². The summed E-state index contributed by atoms with van der Waals surface area (Å²) < 4.78 is 11.4. The molecule has 4 heteroatoms. The van der Waals surface area contributed by atoms with E-state index in [1.54, 1.807) is 11.0 Å². The third-order valence-electron chi connectivity index (χ3n) is 3.60. The van der Waals surface area contributed by atoms with Gasteiger partial charge in [0, 0.05) is 6.42 Å². The van der Waals surface area contributed by atoms with E-state index in [0.29, 0.717) is 30.1 Å². The molecule has 0 amide bonds. The van der Waals surface area contributed by atoms with Crippen molar-refractivity contribution in [1.29, 1.82) is 0 Å². The topological polar surface area (TPSA) is 40.0 Å². The Kier molecular flexibility index (Phi) is 5.56. The van der Waals surface area contributed by atoms with Crippen LogP contribution in [0.2, 0.25) is 0 Å². The van der Waals surface area contributed by atoms with Crippen LogP contribution in [0, 0.1) is 0 Å². The fourth-order valence-corrected chi connectivity index (χ4v) is 2.81. The van der Waals surface area contributed by atoms with Crippen molar-refractivity contribution in [3.05, 3.63) is 29.8 Å². The molecule has 0 saturated carbocycles. The van der Waals surface area contributed by atoms with Crippen molar-refractivity contribution in [3.63, 3.8) is 0 Å². The van der Waals surface area contributed by atoms with Gasteiger partial charge in [0.25, 0.3) is 0 Å². The molecule has 0 radical (unpaired) electrons. The van der Waals surface area contributed by atoms with Crippen LogP contribution >= 0.6 is 0 Å². The number of benzene rings is 1. The first-order valence-corrected chi connectivity index (χ1v) is 7.35. The van der Waals surface area contributed by atoms with E-state index in [1.807, 2.05) is 18.2 Å². The van der Waals surface area contributed by atoms with Crippen molar-refractivity contribution in [2.24, 2.45) is 0 Å². The number of morpholine rings is 1. The van der Waals surface area contributed by atoms with Crippen LogP contribution in [0.4, 0.5) is 0 Å². The Bertz CT molecular complexity index is 425. The number of nitrogens with one attached hydrogen (secondary N) is 1. The quantitative estimate of drug-likeness (QED) is 0.622. The zero-order valence-corrected chi connectivity index (χ0v) is 12.3. The third kappa shape index (κ3) is 4.32. The normalized spacial score (nSPS) is 26.2. The molecule has 1 saturated heterocycles. The fraction of sp³-hybridized carbons (Fsp3) is 0.562. The second-order valence-corrected chi connectivity index (χ2v) is 5.52. The maximum Gasteiger partial charge on any atom is 0.153 e. The molecule has 1 aromatic carbocycles. The number of ether oxygens (including phenoxy) is 2. The second kappa shape index (κ2) is 7.41. The van der Waals surface area contributed by atoms with Gasteiger partial charge in [-0.05, 0) is 26.0 Å². The number of para-hydroxylation sites is 1. The molecule has 0 aliphatic carbocycles. The summed E-state index contributed by atoms with van der Waals surface area (Å²) in [5, 5.41) is 0. The second-order valence-electron chi connectivity index (χ2n) is 5.52. The van der Waals surface area contributed by atoms with Crippen LogP contribution in [0.5, 0.6) is 5.75 Å². The van der Waals surface area contributed by atoms with Gasteiger partial charge in [0.2, 0.25) is 0 Å². The number of rotatable bonds is 6. The van der Waals surface area contributed by atoms with Gasteiger partial charge in [0.1, 0.15) is 31.0 Å². The summed E-state index contributed by atoms with van der Waals surface area (Å²) in [5.41, 5.74) is 0.619. The van der Waals surface area contributed by atoms with E-state index in [2.05, 4.69) is 13.8 Å². The van der Waals surface area contributed by atoms with Crippen LogP contribution in [0.15, 0.2) is 24.3 Å². The highest BCUT2D eigenvalue weighted by Crippen LogP contribution is 2.15. The van der Waals surface area contributed by atoms with Crippen molar-refractivity contribution in [2.45, 2.75) is 32.5 Å². The third-order valence-corrected chi connectivity index (χ3v) is 3.60. The van der Waals surface area contributed by atoms with Gasteiger partial charge in [-0.25, -0.2) is 0 Å². The van der Waals surface area contributed by atoms with Gasteiger partial charge in [-0.3, -0.25) is 4.79 Å². The summed E-state index contributed by atoms with van der Waals surface area (Å²) in [6.45, 7) is 8.13. The Morgan fingerprint density at radius 2 is 2.00 bits per heavy atom. The Morgan fingerprint density at radius 1 is 1.30 bits per heavy atom. The van der Waals surface area contributed by atoms with E-state index in [1.165, 1.54) is 0 Å². The first-order chi connectivity index (χ1) is 9.69. The Hall–Kier alpha value is -1.39. The van der Waals surface area contributed by atoms with Gasteiger partial charge in [-0.1, -0.05) is 12.1 Å². The first-order valence-electron chi connectivity index (χ1n) is 7.35. The molecule has 20 heavy (non-hydrogen) atoms. The van der Waals surface area contributed by atoms with Crippen molar-refractivity contribution in [3.8, 4) is 5.75 Å². The molecule has 0 spiro atoms. The lowest BCUT2D eigenvalue weighted by Gasteiger charge is -2.32. The minimum absolute atomic E-state index is 0.338. The lowest BCUT2D eigenvalue weighted by Crippen LogP contribution is -3.15. The summed E-state index contributed by atoms with van der Waals surface area (Å²) in [6, 6.07) is 7.35. The number of quaternary nitrogens is 1. The molecule has 1 N–H and O–H groups in total. The molecule has 4 nitrogen and oxygen atoms in total. The van der Waals surface area contributed by atoms with E-state index in [4.69, 9.17) is 9.47 Å². The van der Waals surface area contributed by atoms with Crippen molar-refractivity contribution < 1.29 is 19.2 Å². The lowest BCUT2D eigenvalue weighted by atomic mass is 10.2. The molecular formula is C16H24NO3+. The number of aldehydes is 1. The molecule has 1 heterocycles. The highest BCUT2D eigenvalue weighted by Gasteiger charge is 2.24. The Labute approximate surface area is 120 Å². The number of carbonyl (C=O) groups excluding carboxylic acids is 1. The van der Waals surface area contributed by atoms with Crippen LogP contribution < -0.4 is 9.64 Å². The molecule has 2 rings (SSSR count). The van der Waals surface area contributed by atoms with Crippen molar-refractivity contribution in [2.75, 3.05) is 26.2 Å². The maximum atomic E-state index is 10.9. The van der Waals surface area contributed by atoms with E-state index < -0.39 is 0 Å². The van der Waals surface area contributed by atoms with Gasteiger partial charge < -0.3 is 14.4 Å². The van der Waals surface area contributed by atoms with Crippen LogP contribution in [-0.4, -0.2) is 44.7 Å². The lowest BCUT2D eigenvalue weighted by molar-refractivity contribution is -0.915. The molecule has 1 aliphatic rings. The van der Waals surface area contributed by atoms with Crippen LogP contribution in [0.1, 0.15) is 30.6 Å². The summed E-state index contributed by atoms with van der Waals surface area (Å²) in [5.74, 6) is 0.682. The number of hydrogen-bond donors (Lipinski definition) is 1. The van der Waals surface area contributed by atoms with E-state index in [0.717, 1.165) is 32.3 Å². The van der Waals surface area contributed by atoms with Gasteiger partial charge in [0.05, 0.1) is 18.7 Å². The monoisotopic (exact) mass is 278 g/mol. The minimum Gasteiger partial charge on any atom is -0.493 e. The number of carbonyl (C=O) groups is 1. The molecule has 1 aromatic rings. The van der Waals surface area contributed by atoms with Crippen LogP contribution in [0.25, 0.3) is 0 Å². The van der Waals surface area contributed by atoms with E-state index >= 15 is 0 Å². The molecule has 0 aromatic heterocycles. The molecular weight excluding hydrogens is 254 g/mol. The average Bonchev–Trinajstić information content (AvgIpc) is 2.43. The number of hydrogen-bond acceptors (Lipinski definition) is 3. The summed E-state index contributed by atoms with van der Waals surface area (Å²) in [7, 11) is 0. The first kappa shape index (κ1) is 15.0. The zero-order chi connectivity index (χ0) is 14.4. The highest BCUT2D eigenvalue weighted by atomic mass is 16.5. The van der Waals surface area contributed by atoms with E-state index in [-0.39, 0.29) is 0 Å². The fourth-order valence-electron chi connectivity index (χ4n) is 2.81. The summed E-state index contributed by atoms with van der Waals surface area (Å²) in [6.07, 6.45) is 2.50. The molecule has 110 valence electrons. The Morgan fingerprint density at radius 3 is 2.70 bits per heavy atom. The Balaban J connectivity index is 1.72. The standard InChI is InChI=1S/C16H23NO3/c1-13-10-17(11-14(2)20-13)8-5-9-19-16-7-4-3-6-15(16)12-18/h3-4,6-7,12-14H,5,8-11H2,1-2H3/p+1/t13-,14-/m0/s1. The predicted octanol–water partition coefficient (Wildman–Crippen LogP) is 0.960. The van der Waals surface area contributed by atoms with Gasteiger partial charge in [-0.2, -0.15) is 0 Å². The smallest absolute Gasteiger partial charge is 0.153 e. The molecule has 0 bridgehead atoms. The van der Waals surface area contributed by atoms with Gasteiger partial charge in [-0.15, -0.1) is 0 Å². The van der Waals surface area contributed by atoms with Crippen molar-refractivity contribution >= 4 is 6.29 Å². The molecule has 1 fully saturated rings. The van der Waals surface area contributed by atoms with E-state index in [9.17, 15) is 4.79 Å². The van der Waals surface area contributed by atoms with Crippen LogP contribution in [0.3, 0.4) is 0 Å². The molecule has 0 unspecified atom stereocenters. The van der Waals surface area contributed by atoms with Gasteiger partial charge in [0.15, 0.2) is 6.29 Å². The van der Waals surface area contributed by atoms with Gasteiger partial charge >= 0.3 is 0 Å². The summed E-state index contributed by atoms with van der Waals surface area (Å²) >= 11 is 0. The summed E-state index contributed by atoms with van der Waals surface area (Å²) in [4.78, 5) is 12.5.